The van der Waals surface area contributed by atoms with Crippen LogP contribution in [0, 0.1) is 5.92 Å². The van der Waals surface area contributed by atoms with E-state index in [1.807, 2.05) is 0 Å². The molecule has 1 N–H and O–H groups in total. The van der Waals surface area contributed by atoms with Crippen molar-refractivity contribution in [3.8, 4) is 0 Å². The third kappa shape index (κ3) is 3.46. The third-order valence-corrected chi connectivity index (χ3v) is 3.94. The van der Waals surface area contributed by atoms with E-state index in [4.69, 9.17) is 0 Å². The highest BCUT2D eigenvalue weighted by atomic mass is 15.2. The van der Waals surface area contributed by atoms with Crippen molar-refractivity contribution < 1.29 is 0 Å². The predicted molar refractivity (Wildman–Crippen MR) is 65.1 cm³/mol. The van der Waals surface area contributed by atoms with Crippen LogP contribution in [0.1, 0.15) is 46.0 Å². The van der Waals surface area contributed by atoms with Crippen molar-refractivity contribution in [2.24, 2.45) is 5.92 Å². The van der Waals surface area contributed by atoms with Crippen molar-refractivity contribution in [1.82, 2.24) is 10.2 Å². The van der Waals surface area contributed by atoms with Gasteiger partial charge >= 0.3 is 0 Å². The number of hydrogen-bond acceptors (Lipinski definition) is 2. The van der Waals surface area contributed by atoms with Gasteiger partial charge in [0.25, 0.3) is 0 Å². The fourth-order valence-corrected chi connectivity index (χ4v) is 2.46. The van der Waals surface area contributed by atoms with Gasteiger partial charge in [-0.15, -0.1) is 0 Å². The van der Waals surface area contributed by atoms with E-state index in [1.165, 1.54) is 38.6 Å². The fraction of sp³-hybridized carbons (Fsp3) is 1.00. The zero-order valence-corrected chi connectivity index (χ0v) is 10.5. The molecule has 2 atom stereocenters. The average molecular weight is 210 g/mol. The van der Waals surface area contributed by atoms with E-state index < -0.39 is 0 Å². The Kier molecular flexibility index (Phi) is 3.68. The second-order valence-electron chi connectivity index (χ2n) is 5.65. The van der Waals surface area contributed by atoms with Gasteiger partial charge in [-0.1, -0.05) is 0 Å². The normalized spacial score (nSPS) is 25.6. The molecule has 2 aliphatic rings. The summed E-state index contributed by atoms with van der Waals surface area (Å²) in [6.07, 6.45) is 7.16. The minimum Gasteiger partial charge on any atom is -0.317 e. The molecule has 2 saturated carbocycles. The zero-order valence-electron chi connectivity index (χ0n) is 10.5. The van der Waals surface area contributed by atoms with Gasteiger partial charge < -0.3 is 5.32 Å². The lowest BCUT2D eigenvalue weighted by molar-refractivity contribution is 0.172. The molecule has 0 aromatic carbocycles. The molecule has 88 valence electrons. The van der Waals surface area contributed by atoms with Crippen LogP contribution >= 0.6 is 0 Å². The van der Waals surface area contributed by atoms with Crippen LogP contribution < -0.4 is 5.32 Å². The molecular formula is C13H26N2. The maximum Gasteiger partial charge on any atom is 0.00993 e. The summed E-state index contributed by atoms with van der Waals surface area (Å²) in [5, 5.41) is 3.35. The lowest BCUT2D eigenvalue weighted by atomic mass is 10.1. The van der Waals surface area contributed by atoms with E-state index >= 15 is 0 Å². The van der Waals surface area contributed by atoms with E-state index in [0.29, 0.717) is 6.04 Å². The summed E-state index contributed by atoms with van der Waals surface area (Å²) in [5.74, 6) is 1.04. The minimum atomic E-state index is 0.653. The summed E-state index contributed by atoms with van der Waals surface area (Å²) in [5.41, 5.74) is 0. The second-order valence-corrected chi connectivity index (χ2v) is 5.65. The van der Waals surface area contributed by atoms with E-state index in [0.717, 1.165) is 18.0 Å². The first kappa shape index (κ1) is 11.4. The highest BCUT2D eigenvalue weighted by molar-refractivity contribution is 4.91. The molecule has 2 rings (SSSR count). The van der Waals surface area contributed by atoms with E-state index in [2.05, 4.69) is 31.1 Å². The molecule has 15 heavy (non-hydrogen) atoms. The molecule has 0 bridgehead atoms. The van der Waals surface area contributed by atoms with Crippen LogP contribution in [0.2, 0.25) is 0 Å². The Morgan fingerprint density at radius 1 is 1.20 bits per heavy atom. The Morgan fingerprint density at radius 2 is 1.87 bits per heavy atom. The third-order valence-electron chi connectivity index (χ3n) is 3.94. The van der Waals surface area contributed by atoms with Crippen molar-refractivity contribution in [3.05, 3.63) is 0 Å². The van der Waals surface area contributed by atoms with Crippen molar-refractivity contribution >= 4 is 0 Å². The largest absolute Gasteiger partial charge is 0.317 e. The van der Waals surface area contributed by atoms with Crippen LogP contribution in [0.5, 0.6) is 0 Å². The Morgan fingerprint density at radius 3 is 2.33 bits per heavy atom. The van der Waals surface area contributed by atoms with Crippen molar-refractivity contribution in [1.29, 1.82) is 0 Å². The van der Waals surface area contributed by atoms with Gasteiger partial charge in [-0.25, -0.2) is 0 Å². The molecule has 0 radical (unpaired) electrons. The number of hydrogen-bond donors (Lipinski definition) is 1. The first-order chi connectivity index (χ1) is 7.20. The Hall–Kier alpha value is -0.0800. The quantitative estimate of drug-likeness (QED) is 0.693. The summed E-state index contributed by atoms with van der Waals surface area (Å²) in [4.78, 5) is 2.78. The Balaban J connectivity index is 1.79. The van der Waals surface area contributed by atoms with Crippen LogP contribution in [0.15, 0.2) is 0 Å². The topological polar surface area (TPSA) is 15.3 Å². The molecule has 2 unspecified atom stereocenters. The van der Waals surface area contributed by atoms with Crippen LogP contribution in [0.3, 0.4) is 0 Å². The molecule has 0 aromatic rings. The van der Waals surface area contributed by atoms with Crippen molar-refractivity contribution in [3.63, 3.8) is 0 Å². The lowest BCUT2D eigenvalue weighted by Gasteiger charge is -2.31. The summed E-state index contributed by atoms with van der Waals surface area (Å²) in [6.45, 7) is 6.08. The molecular weight excluding hydrogens is 184 g/mol. The van der Waals surface area contributed by atoms with Crippen LogP contribution in [-0.4, -0.2) is 36.6 Å². The molecule has 0 saturated heterocycles. The zero-order chi connectivity index (χ0) is 10.8. The monoisotopic (exact) mass is 210 g/mol. The smallest absolute Gasteiger partial charge is 0.00993 e. The van der Waals surface area contributed by atoms with Gasteiger partial charge in [0.1, 0.15) is 0 Å². The summed E-state index contributed by atoms with van der Waals surface area (Å²) in [6, 6.07) is 2.35. The lowest BCUT2D eigenvalue weighted by Crippen LogP contribution is -2.40. The molecule has 0 aromatic heterocycles. The SMILES string of the molecule is CNC(C)CC(C)N(CC1CC1)C1CC1. The van der Waals surface area contributed by atoms with Gasteiger partial charge in [-0.05, 0) is 58.9 Å². The molecule has 2 aliphatic carbocycles. The molecule has 0 aliphatic heterocycles. The Labute approximate surface area is 94.4 Å². The highest BCUT2D eigenvalue weighted by Crippen LogP contribution is 2.36. The summed E-state index contributed by atoms with van der Waals surface area (Å²) in [7, 11) is 2.07. The van der Waals surface area contributed by atoms with Gasteiger partial charge in [-0.2, -0.15) is 0 Å². The van der Waals surface area contributed by atoms with Gasteiger partial charge in [0, 0.05) is 24.7 Å². The van der Waals surface area contributed by atoms with E-state index in [9.17, 15) is 0 Å². The molecule has 2 nitrogen and oxygen atoms in total. The molecule has 0 spiro atoms. The molecule has 0 amide bonds. The predicted octanol–water partition coefficient (Wildman–Crippen LogP) is 2.25. The standard InChI is InChI=1S/C13H26N2/c1-10(14-3)8-11(2)15(13-6-7-13)9-12-4-5-12/h10-14H,4-9H2,1-3H3. The van der Waals surface area contributed by atoms with Gasteiger partial charge in [0.15, 0.2) is 0 Å². The summed E-state index contributed by atoms with van der Waals surface area (Å²) >= 11 is 0. The van der Waals surface area contributed by atoms with Crippen molar-refractivity contribution in [2.75, 3.05) is 13.6 Å². The van der Waals surface area contributed by atoms with Gasteiger partial charge in [0.05, 0.1) is 0 Å². The van der Waals surface area contributed by atoms with Crippen LogP contribution in [-0.2, 0) is 0 Å². The number of nitrogens with zero attached hydrogens (tertiary/aromatic N) is 1. The second kappa shape index (κ2) is 4.84. The Bertz CT molecular complexity index is 197. The van der Waals surface area contributed by atoms with E-state index in [-0.39, 0.29) is 0 Å². The minimum absolute atomic E-state index is 0.653. The molecule has 2 fully saturated rings. The highest BCUT2D eigenvalue weighted by Gasteiger charge is 2.36. The summed E-state index contributed by atoms with van der Waals surface area (Å²) < 4.78 is 0. The number of rotatable bonds is 7. The fourth-order valence-electron chi connectivity index (χ4n) is 2.46. The molecule has 0 heterocycles. The maximum absolute atomic E-state index is 3.35. The first-order valence-corrected chi connectivity index (χ1v) is 6.63. The number of nitrogens with one attached hydrogen (secondary N) is 1. The van der Waals surface area contributed by atoms with E-state index in [1.54, 1.807) is 0 Å². The average Bonchev–Trinajstić information content (AvgIpc) is 3.04. The van der Waals surface area contributed by atoms with Gasteiger partial charge in [-0.3, -0.25) is 4.90 Å². The van der Waals surface area contributed by atoms with Gasteiger partial charge in [0.2, 0.25) is 0 Å². The first-order valence-electron chi connectivity index (χ1n) is 6.63. The maximum atomic E-state index is 3.35. The van der Waals surface area contributed by atoms with Crippen molar-refractivity contribution in [2.45, 2.75) is 64.1 Å². The van der Waals surface area contributed by atoms with Crippen LogP contribution in [0.4, 0.5) is 0 Å². The molecule has 2 heteroatoms. The van der Waals surface area contributed by atoms with Crippen LogP contribution in [0.25, 0.3) is 0 Å².